The molecule has 2 aromatic heterocycles. The summed E-state index contributed by atoms with van der Waals surface area (Å²) in [6.07, 6.45) is 0. The zero-order valence-electron chi connectivity index (χ0n) is 12.2. The third-order valence-corrected chi connectivity index (χ3v) is 5.29. The molecule has 0 aliphatic rings. The molecule has 0 bridgehead atoms. The Morgan fingerprint density at radius 3 is 2.67 bits per heavy atom. The number of rotatable bonds is 3. The van der Waals surface area contributed by atoms with E-state index < -0.39 is 0 Å². The molecule has 0 unspecified atom stereocenters. The fourth-order valence-electron chi connectivity index (χ4n) is 2.40. The van der Waals surface area contributed by atoms with Crippen molar-refractivity contribution >= 4 is 33.3 Å². The van der Waals surface area contributed by atoms with Crippen molar-refractivity contribution in [3.8, 4) is 0 Å². The summed E-state index contributed by atoms with van der Waals surface area (Å²) in [6.45, 7) is 4.21. The van der Waals surface area contributed by atoms with Crippen molar-refractivity contribution in [3.05, 3.63) is 56.7 Å². The molecule has 0 fully saturated rings. The lowest BCUT2D eigenvalue weighted by Gasteiger charge is -2.08. The average molecular weight is 316 g/mol. The minimum atomic E-state index is 0.0397. The molecule has 0 saturated heterocycles. The Labute approximate surface area is 131 Å². The molecule has 108 valence electrons. The second-order valence-corrected chi connectivity index (χ2v) is 7.04. The topological polar surface area (TPSA) is 34.9 Å². The maximum atomic E-state index is 12.2. The summed E-state index contributed by atoms with van der Waals surface area (Å²) in [5, 5.41) is 2.68. The van der Waals surface area contributed by atoms with Gasteiger partial charge in [-0.05, 0) is 30.9 Å². The molecule has 1 aromatic carbocycles. The van der Waals surface area contributed by atoms with E-state index in [-0.39, 0.29) is 5.56 Å². The molecule has 0 amide bonds. The van der Waals surface area contributed by atoms with Crippen LogP contribution in [-0.4, -0.2) is 9.55 Å². The first-order valence-corrected chi connectivity index (χ1v) is 8.55. The van der Waals surface area contributed by atoms with Crippen LogP contribution in [0, 0.1) is 13.8 Å². The minimum absolute atomic E-state index is 0.0397. The molecule has 0 spiro atoms. The summed E-state index contributed by atoms with van der Waals surface area (Å²) in [5.74, 6) is 0.818. The van der Waals surface area contributed by atoms with Crippen LogP contribution < -0.4 is 5.56 Å². The van der Waals surface area contributed by atoms with E-state index in [1.807, 2.05) is 11.4 Å². The highest BCUT2D eigenvalue weighted by atomic mass is 32.2. The Morgan fingerprint density at radius 2 is 1.95 bits per heavy atom. The van der Waals surface area contributed by atoms with Gasteiger partial charge in [0, 0.05) is 12.8 Å². The van der Waals surface area contributed by atoms with Gasteiger partial charge in [-0.3, -0.25) is 9.36 Å². The number of thiophene rings is 1. The van der Waals surface area contributed by atoms with E-state index in [2.05, 4.69) is 37.0 Å². The third kappa shape index (κ3) is 2.89. The van der Waals surface area contributed by atoms with Gasteiger partial charge < -0.3 is 0 Å². The van der Waals surface area contributed by atoms with E-state index in [0.717, 1.165) is 21.1 Å². The maximum absolute atomic E-state index is 12.2. The van der Waals surface area contributed by atoms with Gasteiger partial charge in [0.05, 0.1) is 5.52 Å². The Morgan fingerprint density at radius 1 is 1.24 bits per heavy atom. The quantitative estimate of drug-likeness (QED) is 0.543. The van der Waals surface area contributed by atoms with E-state index >= 15 is 0 Å². The first-order valence-electron chi connectivity index (χ1n) is 6.69. The van der Waals surface area contributed by atoms with Gasteiger partial charge in [-0.1, -0.05) is 41.1 Å². The standard InChI is InChI=1S/C16H16N2OS2/c1-10-6-11(2)8-12(7-10)9-21-16-17-13-4-5-20-14(13)15(19)18(16)3/h4-8H,9H2,1-3H3. The Balaban J connectivity index is 1.91. The van der Waals surface area contributed by atoms with Gasteiger partial charge in [-0.2, -0.15) is 0 Å². The first kappa shape index (κ1) is 14.4. The van der Waals surface area contributed by atoms with Gasteiger partial charge in [-0.15, -0.1) is 11.3 Å². The van der Waals surface area contributed by atoms with Crippen molar-refractivity contribution in [2.75, 3.05) is 0 Å². The fourth-order valence-corrected chi connectivity index (χ4v) is 4.10. The maximum Gasteiger partial charge on any atom is 0.271 e. The average Bonchev–Trinajstić information content (AvgIpc) is 2.88. The fraction of sp³-hybridized carbons (Fsp3) is 0.250. The Kier molecular flexibility index (Phi) is 3.87. The van der Waals surface area contributed by atoms with E-state index in [0.29, 0.717) is 0 Å². The molecule has 2 heterocycles. The minimum Gasteiger partial charge on any atom is -0.290 e. The second kappa shape index (κ2) is 5.66. The molecule has 0 radical (unpaired) electrons. The van der Waals surface area contributed by atoms with E-state index in [4.69, 9.17) is 0 Å². The summed E-state index contributed by atoms with van der Waals surface area (Å²) >= 11 is 3.06. The number of thioether (sulfide) groups is 1. The molecule has 0 aliphatic carbocycles. The predicted octanol–water partition coefficient (Wildman–Crippen LogP) is 3.90. The molecule has 3 aromatic rings. The lowest BCUT2D eigenvalue weighted by atomic mass is 10.1. The number of fused-ring (bicyclic) bond motifs is 1. The van der Waals surface area contributed by atoms with Crippen LogP contribution in [0.4, 0.5) is 0 Å². The van der Waals surface area contributed by atoms with Gasteiger partial charge in [0.1, 0.15) is 4.70 Å². The number of aromatic nitrogens is 2. The zero-order chi connectivity index (χ0) is 15.0. The number of nitrogens with zero attached hydrogens (tertiary/aromatic N) is 2. The lowest BCUT2D eigenvalue weighted by Crippen LogP contribution is -2.18. The number of hydrogen-bond acceptors (Lipinski definition) is 4. The monoisotopic (exact) mass is 316 g/mol. The summed E-state index contributed by atoms with van der Waals surface area (Å²) in [4.78, 5) is 16.8. The van der Waals surface area contributed by atoms with Crippen molar-refractivity contribution in [1.29, 1.82) is 0 Å². The molecule has 0 aliphatic heterocycles. The van der Waals surface area contributed by atoms with Crippen LogP contribution in [-0.2, 0) is 12.8 Å². The highest BCUT2D eigenvalue weighted by Gasteiger charge is 2.10. The van der Waals surface area contributed by atoms with Crippen LogP contribution in [0.25, 0.3) is 10.2 Å². The van der Waals surface area contributed by atoms with E-state index in [1.54, 1.807) is 23.4 Å². The number of benzene rings is 1. The van der Waals surface area contributed by atoms with Crippen molar-refractivity contribution in [2.45, 2.75) is 24.8 Å². The van der Waals surface area contributed by atoms with E-state index in [9.17, 15) is 4.79 Å². The molecule has 3 nitrogen and oxygen atoms in total. The summed E-state index contributed by atoms with van der Waals surface area (Å²) in [7, 11) is 1.79. The van der Waals surface area contributed by atoms with Gasteiger partial charge in [0.15, 0.2) is 5.16 Å². The van der Waals surface area contributed by atoms with Crippen molar-refractivity contribution < 1.29 is 0 Å². The molecule has 0 saturated carbocycles. The Bertz CT molecular complexity index is 844. The third-order valence-electron chi connectivity index (χ3n) is 3.30. The Hall–Kier alpha value is -1.59. The highest BCUT2D eigenvalue weighted by Crippen LogP contribution is 2.24. The number of hydrogen-bond donors (Lipinski definition) is 0. The molecule has 3 rings (SSSR count). The highest BCUT2D eigenvalue weighted by molar-refractivity contribution is 7.98. The summed E-state index contributed by atoms with van der Waals surface area (Å²) in [5.41, 5.74) is 4.63. The van der Waals surface area contributed by atoms with Crippen molar-refractivity contribution in [2.24, 2.45) is 7.05 Å². The molecule has 5 heteroatoms. The van der Waals surface area contributed by atoms with Crippen molar-refractivity contribution in [1.82, 2.24) is 9.55 Å². The SMILES string of the molecule is Cc1cc(C)cc(CSc2nc3ccsc3c(=O)n2C)c1. The molecule has 0 N–H and O–H groups in total. The van der Waals surface area contributed by atoms with Gasteiger partial charge in [0.25, 0.3) is 5.56 Å². The van der Waals surface area contributed by atoms with Gasteiger partial charge in [0.2, 0.25) is 0 Å². The smallest absolute Gasteiger partial charge is 0.271 e. The van der Waals surface area contributed by atoms with Crippen LogP contribution in [0.1, 0.15) is 16.7 Å². The van der Waals surface area contributed by atoms with E-state index in [1.165, 1.54) is 28.0 Å². The number of aryl methyl sites for hydroxylation is 2. The van der Waals surface area contributed by atoms with Crippen LogP contribution in [0.5, 0.6) is 0 Å². The van der Waals surface area contributed by atoms with Gasteiger partial charge >= 0.3 is 0 Å². The molecule has 21 heavy (non-hydrogen) atoms. The zero-order valence-corrected chi connectivity index (χ0v) is 13.8. The van der Waals surface area contributed by atoms with Crippen LogP contribution >= 0.6 is 23.1 Å². The predicted molar refractivity (Wildman–Crippen MR) is 90.3 cm³/mol. The summed E-state index contributed by atoms with van der Waals surface area (Å²) in [6, 6.07) is 8.43. The largest absolute Gasteiger partial charge is 0.290 e. The van der Waals surface area contributed by atoms with Gasteiger partial charge in [-0.25, -0.2) is 4.98 Å². The van der Waals surface area contributed by atoms with Crippen molar-refractivity contribution in [3.63, 3.8) is 0 Å². The summed E-state index contributed by atoms with van der Waals surface area (Å²) < 4.78 is 2.37. The molecule has 0 atom stereocenters. The normalized spacial score (nSPS) is 11.2. The molecular weight excluding hydrogens is 300 g/mol. The van der Waals surface area contributed by atoms with Crippen LogP contribution in [0.2, 0.25) is 0 Å². The van der Waals surface area contributed by atoms with Crippen LogP contribution in [0.3, 0.4) is 0 Å². The molecular formula is C16H16N2OS2. The first-order chi connectivity index (χ1) is 10.0. The van der Waals surface area contributed by atoms with Crippen LogP contribution in [0.15, 0.2) is 39.6 Å². The second-order valence-electron chi connectivity index (χ2n) is 5.18. The lowest BCUT2D eigenvalue weighted by molar-refractivity contribution is 0.728.